The van der Waals surface area contributed by atoms with Gasteiger partial charge in [-0.3, -0.25) is 9.36 Å². The molecule has 0 aliphatic heterocycles. The van der Waals surface area contributed by atoms with Gasteiger partial charge >= 0.3 is 0 Å². The van der Waals surface area contributed by atoms with Crippen molar-refractivity contribution in [3.05, 3.63) is 70.3 Å². The summed E-state index contributed by atoms with van der Waals surface area (Å²) >= 11 is 3.38. The second-order valence-corrected chi connectivity index (χ2v) is 6.64. The standard InChI is InChI=1S/C19H19BrN4O2/c1-13-3-8-17(18(23-13)24-11-9-21-14(24)2)19(25)22-10-12-26-16-6-4-15(20)5-7-16/h3-9,11H,10,12H2,1-2H3,(H,22,25). The van der Waals surface area contributed by atoms with Crippen molar-refractivity contribution in [3.8, 4) is 11.6 Å². The van der Waals surface area contributed by atoms with Crippen LogP contribution in [0.15, 0.2) is 53.3 Å². The van der Waals surface area contributed by atoms with Crippen LogP contribution in [0.3, 0.4) is 0 Å². The lowest BCUT2D eigenvalue weighted by molar-refractivity contribution is 0.0946. The molecule has 0 bridgehead atoms. The van der Waals surface area contributed by atoms with Crippen LogP contribution in [0.1, 0.15) is 21.9 Å². The summed E-state index contributed by atoms with van der Waals surface area (Å²) in [6.45, 7) is 4.54. The van der Waals surface area contributed by atoms with Gasteiger partial charge in [-0.2, -0.15) is 0 Å². The number of halogens is 1. The minimum absolute atomic E-state index is 0.194. The summed E-state index contributed by atoms with van der Waals surface area (Å²) in [5.74, 6) is 1.91. The number of rotatable bonds is 6. The molecule has 2 aromatic heterocycles. The van der Waals surface area contributed by atoms with Crippen molar-refractivity contribution >= 4 is 21.8 Å². The van der Waals surface area contributed by atoms with Gasteiger partial charge < -0.3 is 10.1 Å². The maximum Gasteiger partial charge on any atom is 0.255 e. The van der Waals surface area contributed by atoms with E-state index in [1.54, 1.807) is 23.0 Å². The fraction of sp³-hybridized carbons (Fsp3) is 0.211. The highest BCUT2D eigenvalue weighted by atomic mass is 79.9. The maximum atomic E-state index is 12.6. The molecule has 134 valence electrons. The van der Waals surface area contributed by atoms with Crippen LogP contribution in [0.2, 0.25) is 0 Å². The minimum Gasteiger partial charge on any atom is -0.492 e. The number of pyridine rings is 1. The van der Waals surface area contributed by atoms with Gasteiger partial charge in [0.1, 0.15) is 18.2 Å². The van der Waals surface area contributed by atoms with Gasteiger partial charge in [0.05, 0.1) is 12.1 Å². The SMILES string of the molecule is Cc1ccc(C(=O)NCCOc2ccc(Br)cc2)c(-n2ccnc2C)n1. The largest absolute Gasteiger partial charge is 0.492 e. The molecule has 0 aliphatic carbocycles. The van der Waals surface area contributed by atoms with Crippen molar-refractivity contribution in [3.63, 3.8) is 0 Å². The number of aryl methyl sites for hydroxylation is 2. The first-order chi connectivity index (χ1) is 12.5. The zero-order valence-corrected chi connectivity index (χ0v) is 16.2. The van der Waals surface area contributed by atoms with Crippen LogP contribution in [0.5, 0.6) is 5.75 Å². The third kappa shape index (κ3) is 4.29. The molecule has 0 saturated carbocycles. The average molecular weight is 415 g/mol. The fourth-order valence-corrected chi connectivity index (χ4v) is 2.73. The van der Waals surface area contributed by atoms with E-state index in [1.165, 1.54) is 0 Å². The highest BCUT2D eigenvalue weighted by molar-refractivity contribution is 9.10. The third-order valence-corrected chi connectivity index (χ3v) is 4.31. The quantitative estimate of drug-likeness (QED) is 0.627. The number of nitrogens with zero attached hydrogens (tertiary/aromatic N) is 3. The van der Waals surface area contributed by atoms with E-state index in [4.69, 9.17) is 4.74 Å². The van der Waals surface area contributed by atoms with Gasteiger partial charge in [0.2, 0.25) is 0 Å². The van der Waals surface area contributed by atoms with E-state index in [0.29, 0.717) is 24.5 Å². The molecule has 2 heterocycles. The van der Waals surface area contributed by atoms with Crippen LogP contribution >= 0.6 is 15.9 Å². The molecule has 26 heavy (non-hydrogen) atoms. The van der Waals surface area contributed by atoms with Crippen LogP contribution in [0.4, 0.5) is 0 Å². The number of carbonyl (C=O) groups excluding carboxylic acids is 1. The molecule has 0 radical (unpaired) electrons. The Morgan fingerprint density at radius 2 is 1.96 bits per heavy atom. The second-order valence-electron chi connectivity index (χ2n) is 5.73. The van der Waals surface area contributed by atoms with E-state index in [-0.39, 0.29) is 5.91 Å². The first-order valence-corrected chi connectivity index (χ1v) is 8.98. The molecule has 3 rings (SSSR count). The summed E-state index contributed by atoms with van der Waals surface area (Å²) in [6, 6.07) is 11.2. The monoisotopic (exact) mass is 414 g/mol. The van der Waals surface area contributed by atoms with Crippen molar-refractivity contribution in [2.45, 2.75) is 13.8 Å². The van der Waals surface area contributed by atoms with Crippen molar-refractivity contribution in [1.82, 2.24) is 19.9 Å². The lowest BCUT2D eigenvalue weighted by atomic mass is 10.2. The summed E-state index contributed by atoms with van der Waals surface area (Å²) in [4.78, 5) is 21.3. The molecule has 0 aliphatic rings. The predicted molar refractivity (Wildman–Crippen MR) is 103 cm³/mol. The van der Waals surface area contributed by atoms with Gasteiger partial charge in [0, 0.05) is 22.6 Å². The molecular weight excluding hydrogens is 396 g/mol. The lowest BCUT2D eigenvalue weighted by Gasteiger charge is -2.12. The predicted octanol–water partition coefficient (Wildman–Crippen LogP) is 3.46. The van der Waals surface area contributed by atoms with Gasteiger partial charge in [-0.05, 0) is 50.2 Å². The summed E-state index contributed by atoms with van der Waals surface area (Å²) in [7, 11) is 0. The van der Waals surface area contributed by atoms with E-state index in [2.05, 4.69) is 31.2 Å². The summed E-state index contributed by atoms with van der Waals surface area (Å²) < 4.78 is 8.42. The van der Waals surface area contributed by atoms with Crippen molar-refractivity contribution in [2.24, 2.45) is 0 Å². The summed E-state index contributed by atoms with van der Waals surface area (Å²) in [5, 5.41) is 2.87. The molecule has 0 unspecified atom stereocenters. The zero-order chi connectivity index (χ0) is 18.5. The van der Waals surface area contributed by atoms with E-state index < -0.39 is 0 Å². The zero-order valence-electron chi connectivity index (χ0n) is 14.6. The van der Waals surface area contributed by atoms with Crippen LogP contribution < -0.4 is 10.1 Å². The van der Waals surface area contributed by atoms with Gasteiger partial charge in [-0.25, -0.2) is 9.97 Å². The van der Waals surface area contributed by atoms with Crippen LogP contribution in [0, 0.1) is 13.8 Å². The second kappa shape index (κ2) is 8.14. The summed E-state index contributed by atoms with van der Waals surface area (Å²) in [6.07, 6.45) is 3.48. The number of ether oxygens (including phenoxy) is 1. The molecule has 7 heteroatoms. The minimum atomic E-state index is -0.194. The number of nitrogens with one attached hydrogen (secondary N) is 1. The summed E-state index contributed by atoms with van der Waals surface area (Å²) in [5.41, 5.74) is 1.34. The molecule has 3 aromatic rings. The topological polar surface area (TPSA) is 69.0 Å². The molecular formula is C19H19BrN4O2. The number of carbonyl (C=O) groups is 1. The van der Waals surface area contributed by atoms with Gasteiger partial charge in [0.15, 0.2) is 5.82 Å². The number of hydrogen-bond acceptors (Lipinski definition) is 4. The highest BCUT2D eigenvalue weighted by Crippen LogP contribution is 2.16. The van der Waals surface area contributed by atoms with E-state index in [1.807, 2.05) is 44.2 Å². The lowest BCUT2D eigenvalue weighted by Crippen LogP contribution is -2.29. The first kappa shape index (κ1) is 18.1. The number of amides is 1. The maximum absolute atomic E-state index is 12.6. The van der Waals surface area contributed by atoms with Crippen LogP contribution in [-0.4, -0.2) is 33.6 Å². The fourth-order valence-electron chi connectivity index (χ4n) is 2.47. The molecule has 6 nitrogen and oxygen atoms in total. The first-order valence-electron chi connectivity index (χ1n) is 8.19. The Balaban J connectivity index is 1.65. The molecule has 0 atom stereocenters. The van der Waals surface area contributed by atoms with Gasteiger partial charge in [-0.15, -0.1) is 0 Å². The average Bonchev–Trinajstić information content (AvgIpc) is 3.06. The number of imidazole rings is 1. The Labute approximate surface area is 160 Å². The van der Waals surface area contributed by atoms with E-state index >= 15 is 0 Å². The van der Waals surface area contributed by atoms with Crippen LogP contribution in [0.25, 0.3) is 5.82 Å². The number of hydrogen-bond donors (Lipinski definition) is 1. The number of benzene rings is 1. The molecule has 1 N–H and O–H groups in total. The van der Waals surface area contributed by atoms with E-state index in [0.717, 1.165) is 21.7 Å². The third-order valence-electron chi connectivity index (χ3n) is 3.78. The Hall–Kier alpha value is -2.67. The van der Waals surface area contributed by atoms with Crippen LogP contribution in [-0.2, 0) is 0 Å². The Bertz CT molecular complexity index is 906. The van der Waals surface area contributed by atoms with Crippen molar-refractivity contribution < 1.29 is 9.53 Å². The van der Waals surface area contributed by atoms with E-state index in [9.17, 15) is 4.79 Å². The molecule has 0 spiro atoms. The smallest absolute Gasteiger partial charge is 0.255 e. The Morgan fingerprint density at radius 1 is 1.19 bits per heavy atom. The van der Waals surface area contributed by atoms with Crippen molar-refractivity contribution in [2.75, 3.05) is 13.2 Å². The molecule has 1 amide bonds. The highest BCUT2D eigenvalue weighted by Gasteiger charge is 2.15. The normalized spacial score (nSPS) is 10.6. The Morgan fingerprint density at radius 3 is 2.65 bits per heavy atom. The van der Waals surface area contributed by atoms with Gasteiger partial charge in [-0.1, -0.05) is 15.9 Å². The number of aromatic nitrogens is 3. The molecule has 1 aromatic carbocycles. The van der Waals surface area contributed by atoms with Crippen molar-refractivity contribution in [1.29, 1.82) is 0 Å². The molecule has 0 saturated heterocycles. The molecule has 0 fully saturated rings. The van der Waals surface area contributed by atoms with Gasteiger partial charge in [0.25, 0.3) is 5.91 Å². The Kier molecular flexibility index (Phi) is 5.68.